The summed E-state index contributed by atoms with van der Waals surface area (Å²) < 4.78 is 4.88. The molecule has 0 bridgehead atoms. The van der Waals surface area contributed by atoms with Crippen molar-refractivity contribution < 1.29 is 9.53 Å². The van der Waals surface area contributed by atoms with Crippen LogP contribution < -0.4 is 5.73 Å². The Kier molecular flexibility index (Phi) is 0.469. The Hall–Kier alpha value is -0.830. The van der Waals surface area contributed by atoms with E-state index in [1.54, 1.807) is 0 Å². The molecule has 3 nitrogen and oxygen atoms in total. The molecule has 2 unspecified atom stereocenters. The van der Waals surface area contributed by atoms with Gasteiger partial charge in [0.15, 0.2) is 0 Å². The Labute approximate surface area is 74.9 Å². The Morgan fingerprint density at radius 2 is 2.15 bits per heavy atom. The molecule has 4 saturated carbocycles. The molecule has 0 aromatic rings. The van der Waals surface area contributed by atoms with Crippen LogP contribution in [0.5, 0.6) is 0 Å². The standard InChI is InChI=1S/C10H9NO2/c1-13-8(12)9-2-5-3(9)7-4(9)6(2)10(5,7)11/h2-3,5-6H,11H2,1H3/t2-,3-,5?,6-,9+,10?/m0/s1. The number of nitrogens with two attached hydrogens (primary N) is 1. The first-order valence-electron chi connectivity index (χ1n) is 4.84. The average Bonchev–Trinajstić information content (AvgIpc) is 2.18. The summed E-state index contributed by atoms with van der Waals surface area (Å²) in [6, 6.07) is 0. The van der Waals surface area contributed by atoms with Crippen LogP contribution >= 0.6 is 0 Å². The minimum absolute atomic E-state index is 0.00972. The molecule has 0 spiro atoms. The fraction of sp³-hybridized carbons (Fsp3) is 0.700. The van der Waals surface area contributed by atoms with E-state index < -0.39 is 0 Å². The van der Waals surface area contributed by atoms with Crippen molar-refractivity contribution in [1.82, 2.24) is 0 Å². The van der Waals surface area contributed by atoms with E-state index in [4.69, 9.17) is 10.5 Å². The van der Waals surface area contributed by atoms with E-state index in [-0.39, 0.29) is 16.9 Å². The second kappa shape index (κ2) is 1.05. The Balaban J connectivity index is 1.76. The number of hydrogen-bond acceptors (Lipinski definition) is 3. The maximum absolute atomic E-state index is 11.6. The van der Waals surface area contributed by atoms with Crippen LogP contribution in [0.1, 0.15) is 0 Å². The van der Waals surface area contributed by atoms with Crippen molar-refractivity contribution in [2.75, 3.05) is 7.11 Å². The second-order valence-electron chi connectivity index (χ2n) is 5.13. The predicted molar refractivity (Wildman–Crippen MR) is 42.4 cm³/mol. The second-order valence-corrected chi connectivity index (χ2v) is 5.13. The van der Waals surface area contributed by atoms with Gasteiger partial charge in [-0.2, -0.15) is 0 Å². The highest BCUT2D eigenvalue weighted by molar-refractivity contribution is 5.99. The first-order chi connectivity index (χ1) is 6.21. The Morgan fingerprint density at radius 3 is 2.54 bits per heavy atom. The lowest BCUT2D eigenvalue weighted by Gasteiger charge is -3.02. The van der Waals surface area contributed by atoms with E-state index in [0.29, 0.717) is 23.7 Å². The fourth-order valence-electron chi connectivity index (χ4n) is 5.32. The van der Waals surface area contributed by atoms with E-state index in [0.717, 1.165) is 0 Å². The van der Waals surface area contributed by atoms with Gasteiger partial charge in [0.1, 0.15) is 5.41 Å². The molecule has 66 valence electrons. The largest absolute Gasteiger partial charge is 0.468 e. The average molecular weight is 175 g/mol. The summed E-state index contributed by atoms with van der Waals surface area (Å²) in [5.41, 5.74) is 8.99. The molecular formula is C10H9NO2. The van der Waals surface area contributed by atoms with Gasteiger partial charge in [0, 0.05) is 17.4 Å². The molecule has 13 heavy (non-hydrogen) atoms. The van der Waals surface area contributed by atoms with Gasteiger partial charge in [0.25, 0.3) is 0 Å². The zero-order chi connectivity index (χ0) is 8.75. The topological polar surface area (TPSA) is 52.3 Å². The zero-order valence-electron chi connectivity index (χ0n) is 7.20. The van der Waals surface area contributed by atoms with Crippen molar-refractivity contribution in [1.29, 1.82) is 0 Å². The quantitative estimate of drug-likeness (QED) is 0.438. The molecule has 4 fully saturated rings. The third-order valence-electron chi connectivity index (χ3n) is 5.54. The highest BCUT2D eigenvalue weighted by atomic mass is 16.5. The molecule has 0 heterocycles. The molecule has 6 aliphatic rings. The van der Waals surface area contributed by atoms with E-state index in [2.05, 4.69) is 0 Å². The molecule has 3 heteroatoms. The van der Waals surface area contributed by atoms with Crippen LogP contribution in [-0.4, -0.2) is 18.6 Å². The number of esters is 1. The highest BCUT2D eigenvalue weighted by Gasteiger charge is 3.06. The molecule has 0 saturated heterocycles. The van der Waals surface area contributed by atoms with Crippen LogP contribution in [0.4, 0.5) is 0 Å². The number of carbonyl (C=O) groups excluding carboxylic acids is 1. The van der Waals surface area contributed by atoms with Crippen molar-refractivity contribution in [3.05, 3.63) is 11.1 Å². The Bertz CT molecular complexity index is 454. The van der Waals surface area contributed by atoms with Crippen molar-refractivity contribution in [3.8, 4) is 0 Å². The SMILES string of the molecule is COC(=O)[C@@]12C3=C4[C@@H]1C1[C@H]2[C@@H]3C41N. The molecule has 6 atom stereocenters. The maximum Gasteiger partial charge on any atom is 0.316 e. The summed E-state index contributed by atoms with van der Waals surface area (Å²) in [5.74, 6) is 2.37. The maximum atomic E-state index is 11.6. The molecule has 0 aliphatic heterocycles. The third kappa shape index (κ3) is 0.208. The number of hydrogen-bond donors (Lipinski definition) is 1. The smallest absolute Gasteiger partial charge is 0.316 e. The van der Waals surface area contributed by atoms with E-state index in [1.807, 2.05) is 0 Å². The number of methoxy groups -OCH3 is 1. The van der Waals surface area contributed by atoms with Crippen LogP contribution in [-0.2, 0) is 9.53 Å². The van der Waals surface area contributed by atoms with Crippen LogP contribution in [0, 0.1) is 29.1 Å². The summed E-state index contributed by atoms with van der Waals surface area (Å²) in [7, 11) is 1.49. The van der Waals surface area contributed by atoms with Crippen molar-refractivity contribution in [3.63, 3.8) is 0 Å². The van der Waals surface area contributed by atoms with Gasteiger partial charge in [-0.05, 0) is 23.0 Å². The van der Waals surface area contributed by atoms with Crippen LogP contribution in [0.15, 0.2) is 11.1 Å². The first-order valence-corrected chi connectivity index (χ1v) is 4.84. The summed E-state index contributed by atoms with van der Waals surface area (Å²) in [4.78, 5) is 11.6. The predicted octanol–water partition coefficient (Wildman–Crippen LogP) is -0.327. The fourth-order valence-corrected chi connectivity index (χ4v) is 5.32. The first kappa shape index (κ1) is 5.81. The Morgan fingerprint density at radius 1 is 1.38 bits per heavy atom. The number of rotatable bonds is 1. The van der Waals surface area contributed by atoms with E-state index in [9.17, 15) is 4.79 Å². The van der Waals surface area contributed by atoms with E-state index in [1.165, 1.54) is 18.3 Å². The summed E-state index contributed by atoms with van der Waals surface area (Å²) in [6.07, 6.45) is 0. The van der Waals surface area contributed by atoms with Gasteiger partial charge in [-0.1, -0.05) is 0 Å². The molecule has 0 aromatic heterocycles. The minimum atomic E-state index is -0.111. The minimum Gasteiger partial charge on any atom is -0.468 e. The summed E-state index contributed by atoms with van der Waals surface area (Å²) in [6.45, 7) is 0. The monoisotopic (exact) mass is 175 g/mol. The van der Waals surface area contributed by atoms with Gasteiger partial charge in [-0.25, -0.2) is 0 Å². The van der Waals surface area contributed by atoms with Gasteiger partial charge in [0.2, 0.25) is 0 Å². The van der Waals surface area contributed by atoms with Gasteiger partial charge in [0.05, 0.1) is 7.11 Å². The molecule has 0 aromatic carbocycles. The third-order valence-corrected chi connectivity index (χ3v) is 5.54. The van der Waals surface area contributed by atoms with Gasteiger partial charge < -0.3 is 10.5 Å². The molecule has 2 N–H and O–H groups in total. The zero-order valence-corrected chi connectivity index (χ0v) is 7.20. The number of carbonyl (C=O) groups is 1. The van der Waals surface area contributed by atoms with Crippen molar-refractivity contribution in [2.24, 2.45) is 34.8 Å². The lowest BCUT2D eigenvalue weighted by molar-refractivity contribution is -0.389. The lowest BCUT2D eigenvalue weighted by atomic mass is 9.00. The molecular weight excluding hydrogens is 166 g/mol. The van der Waals surface area contributed by atoms with Crippen molar-refractivity contribution in [2.45, 2.75) is 5.54 Å². The summed E-state index contributed by atoms with van der Waals surface area (Å²) in [5, 5.41) is 0. The summed E-state index contributed by atoms with van der Waals surface area (Å²) >= 11 is 0. The lowest BCUT2D eigenvalue weighted by Crippen LogP contribution is -3.07. The molecule has 6 aliphatic carbocycles. The van der Waals surface area contributed by atoms with E-state index >= 15 is 0 Å². The van der Waals surface area contributed by atoms with Gasteiger partial charge in [-0.3, -0.25) is 4.79 Å². The highest BCUT2D eigenvalue weighted by Crippen LogP contribution is 3.03. The van der Waals surface area contributed by atoms with Gasteiger partial charge in [-0.15, -0.1) is 0 Å². The number of ether oxygens (including phenoxy) is 1. The normalized spacial score (nSPS) is 70.9. The van der Waals surface area contributed by atoms with Gasteiger partial charge >= 0.3 is 5.97 Å². The molecule has 0 amide bonds. The van der Waals surface area contributed by atoms with Crippen LogP contribution in [0.3, 0.4) is 0 Å². The van der Waals surface area contributed by atoms with Crippen LogP contribution in [0.25, 0.3) is 0 Å². The van der Waals surface area contributed by atoms with Crippen LogP contribution in [0.2, 0.25) is 0 Å². The van der Waals surface area contributed by atoms with Crippen molar-refractivity contribution >= 4 is 5.97 Å². The molecule has 6 rings (SSSR count). The molecule has 0 radical (unpaired) electrons.